The molecule has 4 N–H and O–H groups in total. The fraction of sp³-hybridized carbons (Fsp3) is 0.357. The minimum absolute atomic E-state index is 0.241. The average molecular weight is 310 g/mol. The summed E-state index contributed by atoms with van der Waals surface area (Å²) in [6.45, 7) is 8.71. The summed E-state index contributed by atoms with van der Waals surface area (Å²) in [6.07, 6.45) is 0. The Balaban J connectivity index is 2.67. The molecular weight excluding hydrogens is 288 g/mol. The van der Waals surface area contributed by atoms with Crippen molar-refractivity contribution in [1.82, 2.24) is 10.0 Å². The first-order valence-electron chi connectivity index (χ1n) is 6.62. The first kappa shape index (κ1) is 17.2. The van der Waals surface area contributed by atoms with Gasteiger partial charge in [-0.05, 0) is 24.6 Å². The molecule has 116 valence electrons. The molecule has 1 aromatic carbocycles. The molecule has 0 aliphatic heterocycles. The number of guanidine groups is 1. The minimum atomic E-state index is -3.41. The number of nitrogens with zero attached hydrogens (tertiary/aromatic N) is 1. The summed E-state index contributed by atoms with van der Waals surface area (Å²) in [5.41, 5.74) is 7.54. The third-order valence-electron chi connectivity index (χ3n) is 2.57. The minimum Gasteiger partial charge on any atom is -0.370 e. The smallest absolute Gasteiger partial charge is 0.240 e. The monoisotopic (exact) mass is 310 g/mol. The molecule has 0 aliphatic carbocycles. The van der Waals surface area contributed by atoms with Crippen LogP contribution in [-0.4, -0.2) is 27.5 Å². The van der Waals surface area contributed by atoms with Crippen molar-refractivity contribution in [2.75, 3.05) is 13.1 Å². The van der Waals surface area contributed by atoms with Crippen LogP contribution in [0.25, 0.3) is 0 Å². The summed E-state index contributed by atoms with van der Waals surface area (Å²) in [7, 11) is -3.41. The van der Waals surface area contributed by atoms with Crippen LogP contribution in [0.1, 0.15) is 19.4 Å². The van der Waals surface area contributed by atoms with Gasteiger partial charge in [0.1, 0.15) is 0 Å². The molecule has 0 radical (unpaired) electrons. The van der Waals surface area contributed by atoms with Crippen LogP contribution in [0.15, 0.2) is 46.3 Å². The van der Waals surface area contributed by atoms with Crippen molar-refractivity contribution >= 4 is 16.0 Å². The molecule has 1 aromatic rings. The lowest BCUT2D eigenvalue weighted by Gasteiger charge is -2.06. The zero-order valence-corrected chi connectivity index (χ0v) is 13.2. The normalized spacial score (nSPS) is 12.2. The van der Waals surface area contributed by atoms with Crippen molar-refractivity contribution < 1.29 is 8.42 Å². The summed E-state index contributed by atoms with van der Waals surface area (Å²) in [6, 6.07) is 6.56. The highest BCUT2D eigenvalue weighted by atomic mass is 32.2. The van der Waals surface area contributed by atoms with Crippen LogP contribution < -0.4 is 15.8 Å². The lowest BCUT2D eigenvalue weighted by molar-refractivity contribution is 0.584. The van der Waals surface area contributed by atoms with E-state index in [0.717, 1.165) is 11.1 Å². The van der Waals surface area contributed by atoms with E-state index >= 15 is 0 Å². The molecule has 0 aromatic heterocycles. The van der Waals surface area contributed by atoms with Gasteiger partial charge in [0.05, 0.1) is 11.4 Å². The van der Waals surface area contributed by atoms with Gasteiger partial charge in [-0.15, -0.1) is 0 Å². The number of benzene rings is 1. The van der Waals surface area contributed by atoms with Crippen LogP contribution in [0.2, 0.25) is 0 Å². The van der Waals surface area contributed by atoms with Crippen LogP contribution in [0.4, 0.5) is 0 Å². The summed E-state index contributed by atoms with van der Waals surface area (Å²) in [5, 5.41) is 2.93. The maximum atomic E-state index is 11.8. The fourth-order valence-electron chi connectivity index (χ4n) is 1.52. The van der Waals surface area contributed by atoms with Crippen molar-refractivity contribution in [3.8, 4) is 0 Å². The summed E-state index contributed by atoms with van der Waals surface area (Å²) in [5.74, 6) is 0.336. The maximum absolute atomic E-state index is 11.8. The molecular formula is C14H22N4O2S. The van der Waals surface area contributed by atoms with E-state index in [9.17, 15) is 8.42 Å². The van der Waals surface area contributed by atoms with Crippen molar-refractivity contribution in [3.63, 3.8) is 0 Å². The molecule has 0 unspecified atom stereocenters. The van der Waals surface area contributed by atoms with Crippen LogP contribution in [0, 0.1) is 0 Å². The van der Waals surface area contributed by atoms with Gasteiger partial charge in [-0.25, -0.2) is 18.1 Å². The van der Waals surface area contributed by atoms with Gasteiger partial charge in [0.2, 0.25) is 10.0 Å². The lowest BCUT2D eigenvalue weighted by Crippen LogP contribution is -2.32. The summed E-state index contributed by atoms with van der Waals surface area (Å²) in [4.78, 5) is 4.41. The largest absolute Gasteiger partial charge is 0.370 e. The van der Waals surface area contributed by atoms with E-state index in [4.69, 9.17) is 5.73 Å². The predicted octanol–water partition coefficient (Wildman–Crippen LogP) is 0.965. The van der Waals surface area contributed by atoms with Gasteiger partial charge >= 0.3 is 0 Å². The lowest BCUT2D eigenvalue weighted by atomic mass is 10.2. The Labute approximate surface area is 126 Å². The number of sulfonamides is 1. The first-order chi connectivity index (χ1) is 9.85. The molecule has 0 heterocycles. The number of hydrogen-bond donors (Lipinski definition) is 3. The molecule has 0 atom stereocenters. The Kier molecular flexibility index (Phi) is 6.39. The number of aliphatic imine (C=N–C) groups is 1. The Morgan fingerprint density at radius 3 is 2.48 bits per heavy atom. The van der Waals surface area contributed by atoms with Gasteiger partial charge in [0.25, 0.3) is 0 Å². The number of nitrogens with two attached hydrogens (primary N) is 1. The fourth-order valence-corrected chi connectivity index (χ4v) is 2.56. The molecule has 7 heteroatoms. The first-order valence-corrected chi connectivity index (χ1v) is 8.10. The zero-order valence-electron chi connectivity index (χ0n) is 12.4. The van der Waals surface area contributed by atoms with Crippen LogP contribution in [0.3, 0.4) is 0 Å². The number of nitrogens with one attached hydrogen (secondary N) is 2. The van der Waals surface area contributed by atoms with E-state index in [1.165, 1.54) is 0 Å². The SMILES string of the molecule is C=C(C)CNC(N)=NCc1ccc(S(=O)(=O)NCC)cc1. The molecule has 0 bridgehead atoms. The van der Waals surface area contributed by atoms with Crippen molar-refractivity contribution in [3.05, 3.63) is 42.0 Å². The second-order valence-electron chi connectivity index (χ2n) is 4.66. The molecule has 21 heavy (non-hydrogen) atoms. The molecule has 0 aliphatic rings. The molecule has 0 fully saturated rings. The Hall–Kier alpha value is -1.86. The van der Waals surface area contributed by atoms with Crippen molar-refractivity contribution in [1.29, 1.82) is 0 Å². The van der Waals surface area contributed by atoms with Gasteiger partial charge in [-0.2, -0.15) is 0 Å². The van der Waals surface area contributed by atoms with Crippen molar-refractivity contribution in [2.24, 2.45) is 10.7 Å². The highest BCUT2D eigenvalue weighted by Gasteiger charge is 2.11. The molecule has 0 amide bonds. The Bertz CT molecular complexity index is 606. The maximum Gasteiger partial charge on any atom is 0.240 e. The van der Waals surface area contributed by atoms with Crippen molar-refractivity contribution in [2.45, 2.75) is 25.3 Å². The molecule has 1 rings (SSSR count). The van der Waals surface area contributed by atoms with Gasteiger partial charge in [-0.1, -0.05) is 31.2 Å². The summed E-state index contributed by atoms with van der Waals surface area (Å²) >= 11 is 0. The van der Waals surface area contributed by atoms with Crippen LogP contribution in [0.5, 0.6) is 0 Å². The van der Waals surface area contributed by atoms with Gasteiger partial charge in [0, 0.05) is 13.1 Å². The second-order valence-corrected chi connectivity index (χ2v) is 6.42. The topological polar surface area (TPSA) is 96.6 Å². The molecule has 0 spiro atoms. The molecule has 0 saturated heterocycles. The van der Waals surface area contributed by atoms with E-state index in [-0.39, 0.29) is 4.90 Å². The van der Waals surface area contributed by atoms with Gasteiger partial charge in [-0.3, -0.25) is 0 Å². The Morgan fingerprint density at radius 2 is 1.95 bits per heavy atom. The standard InChI is InChI=1S/C14H22N4O2S/c1-4-18-21(19,20)13-7-5-12(6-8-13)10-17-14(15)16-9-11(2)3/h5-8,18H,2,4,9-10H2,1,3H3,(H3,15,16,17). The molecule has 0 saturated carbocycles. The highest BCUT2D eigenvalue weighted by Crippen LogP contribution is 2.11. The van der Waals surface area contributed by atoms with Crippen LogP contribution >= 0.6 is 0 Å². The molecule has 6 nitrogen and oxygen atoms in total. The van der Waals surface area contributed by atoms with E-state index in [1.54, 1.807) is 31.2 Å². The third-order valence-corrected chi connectivity index (χ3v) is 4.13. The van der Waals surface area contributed by atoms with Crippen LogP contribution in [-0.2, 0) is 16.6 Å². The Morgan fingerprint density at radius 1 is 1.33 bits per heavy atom. The van der Waals surface area contributed by atoms with E-state index in [1.807, 2.05) is 6.92 Å². The van der Waals surface area contributed by atoms with E-state index in [0.29, 0.717) is 25.6 Å². The number of hydrogen-bond acceptors (Lipinski definition) is 3. The van der Waals surface area contributed by atoms with Gasteiger partial charge < -0.3 is 11.1 Å². The third kappa shape index (κ3) is 5.97. The second kappa shape index (κ2) is 7.80. The zero-order chi connectivity index (χ0) is 15.9. The quantitative estimate of drug-likeness (QED) is 0.397. The highest BCUT2D eigenvalue weighted by molar-refractivity contribution is 7.89. The summed E-state index contributed by atoms with van der Waals surface area (Å²) < 4.78 is 26.0. The number of rotatable bonds is 7. The predicted molar refractivity (Wildman–Crippen MR) is 85.4 cm³/mol. The van der Waals surface area contributed by atoms with E-state index < -0.39 is 10.0 Å². The van der Waals surface area contributed by atoms with Gasteiger partial charge in [0.15, 0.2) is 5.96 Å². The average Bonchev–Trinajstić information content (AvgIpc) is 2.43. The van der Waals surface area contributed by atoms with E-state index in [2.05, 4.69) is 21.6 Å².